The molecule has 0 saturated carbocycles. The molecule has 0 aromatic heterocycles. The van der Waals surface area contributed by atoms with Crippen LogP contribution < -0.4 is 0 Å². The molecular weight excluding hydrogens is 169 g/mol. The van der Waals surface area contributed by atoms with E-state index in [1.54, 1.807) is 6.92 Å². The molecule has 0 aromatic carbocycles. The summed E-state index contributed by atoms with van der Waals surface area (Å²) in [4.78, 5) is 13.4. The summed E-state index contributed by atoms with van der Waals surface area (Å²) in [6.07, 6.45) is 0.586. The highest BCUT2D eigenvalue weighted by molar-refractivity contribution is 5.85. The van der Waals surface area contributed by atoms with Gasteiger partial charge in [-0.2, -0.15) is 0 Å². The Bertz CT molecular complexity index is 207. The Morgan fingerprint density at radius 3 is 2.62 bits per heavy atom. The normalized spacial score (nSPS) is 28.8. The molecule has 13 heavy (non-hydrogen) atoms. The molecule has 2 nitrogen and oxygen atoms in total. The monoisotopic (exact) mass is 187 g/mol. The average Bonchev–Trinajstić information content (AvgIpc) is 2.50. The summed E-state index contributed by atoms with van der Waals surface area (Å²) in [5.41, 5.74) is -0.444. The maximum absolute atomic E-state index is 13.0. The zero-order valence-electron chi connectivity index (χ0n) is 8.64. The van der Waals surface area contributed by atoms with E-state index in [-0.39, 0.29) is 5.78 Å². The minimum atomic E-state index is -0.745. The molecule has 1 fully saturated rings. The first-order valence-electron chi connectivity index (χ1n) is 4.91. The summed E-state index contributed by atoms with van der Waals surface area (Å²) in [5, 5.41) is 0. The SMILES string of the molecule is CCC(C)(C(C)=O)N1CCC(F)C1. The number of carbonyl (C=O) groups excluding carboxylic acids is 1. The number of carbonyl (C=O) groups is 1. The predicted molar refractivity (Wildman–Crippen MR) is 50.5 cm³/mol. The molecule has 0 aliphatic carbocycles. The van der Waals surface area contributed by atoms with Crippen molar-refractivity contribution in [3.63, 3.8) is 0 Å². The fourth-order valence-electron chi connectivity index (χ4n) is 1.86. The van der Waals surface area contributed by atoms with E-state index in [9.17, 15) is 9.18 Å². The van der Waals surface area contributed by atoms with E-state index in [1.165, 1.54) is 0 Å². The number of hydrogen-bond acceptors (Lipinski definition) is 2. The topological polar surface area (TPSA) is 20.3 Å². The molecule has 0 N–H and O–H groups in total. The summed E-state index contributed by atoms with van der Waals surface area (Å²) >= 11 is 0. The molecule has 3 heteroatoms. The molecule has 0 aromatic rings. The van der Waals surface area contributed by atoms with Gasteiger partial charge in [0, 0.05) is 13.1 Å². The van der Waals surface area contributed by atoms with Crippen LogP contribution in [0.3, 0.4) is 0 Å². The van der Waals surface area contributed by atoms with E-state index in [4.69, 9.17) is 0 Å². The van der Waals surface area contributed by atoms with Crippen LogP contribution in [-0.4, -0.2) is 35.5 Å². The number of likely N-dealkylation sites (tertiary alicyclic amines) is 1. The van der Waals surface area contributed by atoms with E-state index in [2.05, 4.69) is 0 Å². The van der Waals surface area contributed by atoms with Crippen LogP contribution >= 0.6 is 0 Å². The first-order valence-corrected chi connectivity index (χ1v) is 4.91. The predicted octanol–water partition coefficient (Wildman–Crippen LogP) is 1.79. The minimum absolute atomic E-state index is 0.143. The van der Waals surface area contributed by atoms with Crippen molar-refractivity contribution in [3.05, 3.63) is 0 Å². The summed E-state index contributed by atoms with van der Waals surface area (Å²) in [5.74, 6) is 0.143. The van der Waals surface area contributed by atoms with Crippen molar-refractivity contribution < 1.29 is 9.18 Å². The summed E-state index contributed by atoms with van der Waals surface area (Å²) in [6.45, 7) is 6.62. The quantitative estimate of drug-likeness (QED) is 0.671. The lowest BCUT2D eigenvalue weighted by Gasteiger charge is -2.35. The van der Waals surface area contributed by atoms with E-state index in [0.29, 0.717) is 19.5 Å². The van der Waals surface area contributed by atoms with Gasteiger partial charge in [-0.05, 0) is 26.7 Å². The molecule has 0 bridgehead atoms. The van der Waals surface area contributed by atoms with Crippen molar-refractivity contribution >= 4 is 5.78 Å². The van der Waals surface area contributed by atoms with Crippen LogP contribution in [0.15, 0.2) is 0 Å². The third-order valence-electron chi connectivity index (χ3n) is 3.28. The number of hydrogen-bond donors (Lipinski definition) is 0. The molecule has 0 radical (unpaired) electrons. The molecule has 1 heterocycles. The van der Waals surface area contributed by atoms with Crippen molar-refractivity contribution in [3.8, 4) is 0 Å². The van der Waals surface area contributed by atoms with Gasteiger partial charge in [0.1, 0.15) is 12.0 Å². The van der Waals surface area contributed by atoms with Crippen molar-refractivity contribution in [2.24, 2.45) is 0 Å². The summed E-state index contributed by atoms with van der Waals surface area (Å²) in [6, 6.07) is 0. The first kappa shape index (κ1) is 10.6. The van der Waals surface area contributed by atoms with E-state index in [0.717, 1.165) is 6.42 Å². The molecule has 2 unspecified atom stereocenters. The van der Waals surface area contributed by atoms with Gasteiger partial charge >= 0.3 is 0 Å². The van der Waals surface area contributed by atoms with Crippen molar-refractivity contribution in [2.45, 2.75) is 45.3 Å². The van der Waals surface area contributed by atoms with Gasteiger partial charge in [0.05, 0.1) is 5.54 Å². The lowest BCUT2D eigenvalue weighted by atomic mass is 9.92. The van der Waals surface area contributed by atoms with Gasteiger partial charge in [-0.1, -0.05) is 6.92 Å². The van der Waals surface area contributed by atoms with Gasteiger partial charge in [-0.3, -0.25) is 9.69 Å². The van der Waals surface area contributed by atoms with E-state index >= 15 is 0 Å². The maximum Gasteiger partial charge on any atom is 0.149 e. The van der Waals surface area contributed by atoms with Crippen LogP contribution in [0.25, 0.3) is 0 Å². The summed E-state index contributed by atoms with van der Waals surface area (Å²) < 4.78 is 13.0. The van der Waals surface area contributed by atoms with Crippen LogP contribution in [0, 0.1) is 0 Å². The molecule has 1 rings (SSSR count). The van der Waals surface area contributed by atoms with Crippen LogP contribution in [0.5, 0.6) is 0 Å². The molecule has 76 valence electrons. The first-order chi connectivity index (χ1) is 6.00. The Balaban J connectivity index is 2.72. The van der Waals surface area contributed by atoms with E-state index < -0.39 is 11.7 Å². The number of rotatable bonds is 3. The fraction of sp³-hybridized carbons (Fsp3) is 0.900. The number of nitrogens with zero attached hydrogens (tertiary/aromatic N) is 1. The molecule has 0 amide bonds. The average molecular weight is 187 g/mol. The summed E-state index contributed by atoms with van der Waals surface area (Å²) in [7, 11) is 0. The zero-order valence-corrected chi connectivity index (χ0v) is 8.64. The molecule has 0 spiro atoms. The van der Waals surface area contributed by atoms with Crippen molar-refractivity contribution in [1.82, 2.24) is 4.90 Å². The standard InChI is InChI=1S/C10H18FNO/c1-4-10(3,8(2)13)12-6-5-9(11)7-12/h9H,4-7H2,1-3H3. The minimum Gasteiger partial charge on any atom is -0.298 e. The smallest absolute Gasteiger partial charge is 0.149 e. The second kappa shape index (κ2) is 3.74. The van der Waals surface area contributed by atoms with Crippen LogP contribution in [0.2, 0.25) is 0 Å². The molecular formula is C10H18FNO. The van der Waals surface area contributed by atoms with Crippen LogP contribution in [0.1, 0.15) is 33.6 Å². The van der Waals surface area contributed by atoms with Gasteiger partial charge in [0.15, 0.2) is 0 Å². The molecule has 1 aliphatic heterocycles. The fourth-order valence-corrected chi connectivity index (χ4v) is 1.86. The Kier molecular flexibility index (Phi) is 3.06. The van der Waals surface area contributed by atoms with Crippen LogP contribution in [-0.2, 0) is 4.79 Å². The Labute approximate surface area is 79.1 Å². The van der Waals surface area contributed by atoms with E-state index in [1.807, 2.05) is 18.7 Å². The number of Topliss-reactive ketones (excluding diaryl/α,β-unsaturated/α-hetero) is 1. The maximum atomic E-state index is 13.0. The van der Waals surface area contributed by atoms with Crippen molar-refractivity contribution in [1.29, 1.82) is 0 Å². The highest BCUT2D eigenvalue weighted by Crippen LogP contribution is 2.26. The highest BCUT2D eigenvalue weighted by atomic mass is 19.1. The molecule has 2 atom stereocenters. The number of halogens is 1. The third kappa shape index (κ3) is 1.90. The van der Waals surface area contributed by atoms with Gasteiger partial charge in [-0.15, -0.1) is 0 Å². The van der Waals surface area contributed by atoms with Crippen LogP contribution in [0.4, 0.5) is 4.39 Å². The Morgan fingerprint density at radius 1 is 1.69 bits per heavy atom. The van der Waals surface area contributed by atoms with Crippen molar-refractivity contribution in [2.75, 3.05) is 13.1 Å². The lowest BCUT2D eigenvalue weighted by Crippen LogP contribution is -2.50. The molecule has 1 saturated heterocycles. The second-order valence-electron chi connectivity index (χ2n) is 4.02. The van der Waals surface area contributed by atoms with Gasteiger partial charge in [0.25, 0.3) is 0 Å². The third-order valence-corrected chi connectivity index (χ3v) is 3.28. The number of ketones is 1. The Hall–Kier alpha value is -0.440. The van der Waals surface area contributed by atoms with Gasteiger partial charge in [0.2, 0.25) is 0 Å². The largest absolute Gasteiger partial charge is 0.298 e. The lowest BCUT2D eigenvalue weighted by molar-refractivity contribution is -0.127. The Morgan fingerprint density at radius 2 is 2.31 bits per heavy atom. The molecule has 1 aliphatic rings. The number of alkyl halides is 1. The van der Waals surface area contributed by atoms with Gasteiger partial charge < -0.3 is 0 Å². The zero-order chi connectivity index (χ0) is 10.1. The van der Waals surface area contributed by atoms with Gasteiger partial charge in [-0.25, -0.2) is 4.39 Å². The highest BCUT2D eigenvalue weighted by Gasteiger charge is 2.39. The second-order valence-corrected chi connectivity index (χ2v) is 4.02.